The average Bonchev–Trinajstić information content (AvgIpc) is 3.17. The topological polar surface area (TPSA) is 70.7 Å². The molecule has 2 aromatic carbocycles. The molecule has 6 nitrogen and oxygen atoms in total. The minimum absolute atomic E-state index is 0.00494. The molecule has 1 aliphatic heterocycles. The number of amides is 3. The van der Waals surface area contributed by atoms with E-state index in [1.807, 2.05) is 41.3 Å². The lowest BCUT2D eigenvalue weighted by atomic mass is 10.0. The Labute approximate surface area is 163 Å². The zero-order chi connectivity index (χ0) is 19.2. The predicted octanol–water partition coefficient (Wildman–Crippen LogP) is 4.57. The third-order valence-corrected chi connectivity index (χ3v) is 4.95. The maximum Gasteiger partial charge on any atom is 0.411 e. The lowest BCUT2D eigenvalue weighted by Crippen LogP contribution is -2.39. The second-order valence-electron chi connectivity index (χ2n) is 6.35. The maximum atomic E-state index is 12.7. The fourth-order valence-corrected chi connectivity index (χ4v) is 3.49. The molecule has 7 heteroatoms. The van der Waals surface area contributed by atoms with Crippen molar-refractivity contribution < 1.29 is 14.3 Å². The van der Waals surface area contributed by atoms with Crippen molar-refractivity contribution in [3.63, 3.8) is 0 Å². The van der Waals surface area contributed by atoms with Gasteiger partial charge in [0.2, 0.25) is 0 Å². The molecule has 2 aromatic rings. The molecular weight excluding hydrogens is 366 g/mol. The Morgan fingerprint density at radius 1 is 1.19 bits per heavy atom. The van der Waals surface area contributed by atoms with Crippen molar-refractivity contribution in [1.29, 1.82) is 0 Å². The van der Waals surface area contributed by atoms with Gasteiger partial charge in [0.05, 0.1) is 13.2 Å². The molecular formula is C20H22ClN3O3. The van der Waals surface area contributed by atoms with Crippen LogP contribution < -0.4 is 10.6 Å². The first-order chi connectivity index (χ1) is 13.1. The molecule has 2 N–H and O–H groups in total. The second kappa shape index (κ2) is 8.77. The largest absolute Gasteiger partial charge is 0.453 e. The second-order valence-corrected chi connectivity index (χ2v) is 6.75. The van der Waals surface area contributed by atoms with Gasteiger partial charge in [0.25, 0.3) is 0 Å². The Kier molecular flexibility index (Phi) is 6.19. The van der Waals surface area contributed by atoms with E-state index in [4.69, 9.17) is 11.6 Å². The number of urea groups is 1. The van der Waals surface area contributed by atoms with Gasteiger partial charge >= 0.3 is 12.1 Å². The van der Waals surface area contributed by atoms with E-state index in [0.29, 0.717) is 23.8 Å². The number of nitrogens with one attached hydrogen (secondary N) is 2. The minimum Gasteiger partial charge on any atom is -0.453 e. The maximum absolute atomic E-state index is 12.7. The summed E-state index contributed by atoms with van der Waals surface area (Å²) in [6, 6.07) is 14.8. The van der Waals surface area contributed by atoms with Gasteiger partial charge in [-0.15, -0.1) is 0 Å². The first-order valence-corrected chi connectivity index (χ1v) is 9.19. The van der Waals surface area contributed by atoms with Gasteiger partial charge in [-0.25, -0.2) is 9.59 Å². The van der Waals surface area contributed by atoms with E-state index in [9.17, 15) is 9.59 Å². The van der Waals surface area contributed by atoms with Crippen LogP contribution >= 0.6 is 11.6 Å². The van der Waals surface area contributed by atoms with Crippen LogP contribution in [0.2, 0.25) is 5.02 Å². The monoisotopic (exact) mass is 387 g/mol. The van der Waals surface area contributed by atoms with Gasteiger partial charge in [0.1, 0.15) is 0 Å². The molecule has 1 heterocycles. The predicted molar refractivity (Wildman–Crippen MR) is 105 cm³/mol. The summed E-state index contributed by atoms with van der Waals surface area (Å²) in [4.78, 5) is 25.7. The fourth-order valence-electron chi connectivity index (χ4n) is 3.23. The highest BCUT2D eigenvalue weighted by molar-refractivity contribution is 6.31. The highest BCUT2D eigenvalue weighted by atomic mass is 35.5. The van der Waals surface area contributed by atoms with Gasteiger partial charge in [-0.05, 0) is 42.2 Å². The average molecular weight is 388 g/mol. The minimum atomic E-state index is -0.518. The lowest BCUT2D eigenvalue weighted by molar-refractivity contribution is 0.187. The third-order valence-electron chi connectivity index (χ3n) is 4.61. The van der Waals surface area contributed by atoms with Crippen molar-refractivity contribution in [3.8, 4) is 0 Å². The standard InChI is InChI=1S/C20H22ClN3O3/c1-27-20(26)23-15-10-8-14(9-11-15)13-22-19(25)24-12-4-7-18(24)16-5-2-3-6-17(16)21/h2-3,5-6,8-11,18H,4,7,12-13H2,1H3,(H,22,25)(H,23,26). The van der Waals surface area contributed by atoms with Crippen molar-refractivity contribution in [1.82, 2.24) is 10.2 Å². The van der Waals surface area contributed by atoms with Gasteiger partial charge in [0.15, 0.2) is 0 Å². The van der Waals surface area contributed by atoms with Gasteiger partial charge < -0.3 is 15.0 Å². The molecule has 1 aliphatic rings. The number of methoxy groups -OCH3 is 1. The number of likely N-dealkylation sites (tertiary alicyclic amines) is 1. The molecule has 0 aliphatic carbocycles. The smallest absolute Gasteiger partial charge is 0.411 e. The first-order valence-electron chi connectivity index (χ1n) is 8.81. The van der Waals surface area contributed by atoms with Crippen molar-refractivity contribution in [2.45, 2.75) is 25.4 Å². The normalized spacial score (nSPS) is 16.1. The molecule has 1 unspecified atom stereocenters. The zero-order valence-electron chi connectivity index (χ0n) is 15.1. The van der Waals surface area contributed by atoms with E-state index in [-0.39, 0.29) is 12.1 Å². The molecule has 3 rings (SSSR count). The molecule has 0 radical (unpaired) electrons. The molecule has 0 spiro atoms. The van der Waals surface area contributed by atoms with Crippen LogP contribution in [0.5, 0.6) is 0 Å². The number of carbonyl (C=O) groups excluding carboxylic acids is 2. The van der Waals surface area contributed by atoms with E-state index in [1.54, 1.807) is 12.1 Å². The SMILES string of the molecule is COC(=O)Nc1ccc(CNC(=O)N2CCCC2c2ccccc2Cl)cc1. The number of hydrogen-bond acceptors (Lipinski definition) is 3. The van der Waals surface area contributed by atoms with Crippen LogP contribution in [0.4, 0.5) is 15.3 Å². The Bertz CT molecular complexity index is 810. The molecule has 0 saturated carbocycles. The van der Waals surface area contributed by atoms with Crippen LogP contribution in [0.1, 0.15) is 30.0 Å². The number of rotatable bonds is 4. The Balaban J connectivity index is 1.58. The number of ether oxygens (including phenoxy) is 1. The van der Waals surface area contributed by atoms with Gasteiger partial charge in [-0.3, -0.25) is 5.32 Å². The van der Waals surface area contributed by atoms with Crippen molar-refractivity contribution in [3.05, 3.63) is 64.7 Å². The summed E-state index contributed by atoms with van der Waals surface area (Å²) >= 11 is 6.31. The van der Waals surface area contributed by atoms with Crippen LogP contribution in [-0.4, -0.2) is 30.7 Å². The van der Waals surface area contributed by atoms with Crippen LogP contribution in [0.15, 0.2) is 48.5 Å². The van der Waals surface area contributed by atoms with E-state index >= 15 is 0 Å². The molecule has 0 aromatic heterocycles. The number of nitrogens with zero attached hydrogens (tertiary/aromatic N) is 1. The molecule has 1 atom stereocenters. The molecule has 1 saturated heterocycles. The van der Waals surface area contributed by atoms with Crippen LogP contribution in [0.25, 0.3) is 0 Å². The summed E-state index contributed by atoms with van der Waals surface area (Å²) in [6.07, 6.45) is 1.35. The van der Waals surface area contributed by atoms with Crippen LogP contribution in [0, 0.1) is 0 Å². The number of hydrogen-bond donors (Lipinski definition) is 2. The van der Waals surface area contributed by atoms with E-state index < -0.39 is 6.09 Å². The summed E-state index contributed by atoms with van der Waals surface area (Å²) in [7, 11) is 1.31. The molecule has 27 heavy (non-hydrogen) atoms. The summed E-state index contributed by atoms with van der Waals surface area (Å²) in [6.45, 7) is 1.12. The molecule has 0 bridgehead atoms. The number of carbonyl (C=O) groups is 2. The van der Waals surface area contributed by atoms with E-state index in [2.05, 4.69) is 15.4 Å². The summed E-state index contributed by atoms with van der Waals surface area (Å²) in [5.74, 6) is 0. The Morgan fingerprint density at radius 3 is 2.63 bits per heavy atom. The lowest BCUT2D eigenvalue weighted by Gasteiger charge is -2.26. The van der Waals surface area contributed by atoms with E-state index in [1.165, 1.54) is 7.11 Å². The number of halogens is 1. The first kappa shape index (κ1) is 19.0. The van der Waals surface area contributed by atoms with Gasteiger partial charge in [-0.2, -0.15) is 0 Å². The van der Waals surface area contributed by atoms with E-state index in [0.717, 1.165) is 24.0 Å². The summed E-state index contributed by atoms with van der Waals surface area (Å²) < 4.78 is 4.55. The quantitative estimate of drug-likeness (QED) is 0.807. The zero-order valence-corrected chi connectivity index (χ0v) is 15.8. The van der Waals surface area contributed by atoms with Crippen molar-refractivity contribution >= 4 is 29.4 Å². The highest BCUT2D eigenvalue weighted by Gasteiger charge is 2.30. The number of benzene rings is 2. The van der Waals surface area contributed by atoms with Crippen LogP contribution in [0.3, 0.4) is 0 Å². The van der Waals surface area contributed by atoms with Crippen LogP contribution in [-0.2, 0) is 11.3 Å². The van der Waals surface area contributed by atoms with Crippen molar-refractivity contribution in [2.75, 3.05) is 19.0 Å². The summed E-state index contributed by atoms with van der Waals surface area (Å²) in [5.41, 5.74) is 2.56. The fraction of sp³-hybridized carbons (Fsp3) is 0.300. The van der Waals surface area contributed by atoms with Gasteiger partial charge in [0, 0.05) is 23.8 Å². The number of anilines is 1. The third kappa shape index (κ3) is 4.71. The highest BCUT2D eigenvalue weighted by Crippen LogP contribution is 2.35. The summed E-state index contributed by atoms with van der Waals surface area (Å²) in [5, 5.41) is 6.24. The van der Waals surface area contributed by atoms with Gasteiger partial charge in [-0.1, -0.05) is 41.9 Å². The Morgan fingerprint density at radius 2 is 1.93 bits per heavy atom. The molecule has 3 amide bonds. The molecule has 1 fully saturated rings. The Hall–Kier alpha value is -2.73. The molecule has 142 valence electrons. The van der Waals surface area contributed by atoms with Crippen molar-refractivity contribution in [2.24, 2.45) is 0 Å².